The van der Waals surface area contributed by atoms with E-state index in [4.69, 9.17) is 4.74 Å². The summed E-state index contributed by atoms with van der Waals surface area (Å²) in [6.45, 7) is 3.54. The molecule has 26 heavy (non-hydrogen) atoms. The van der Waals surface area contributed by atoms with E-state index in [-0.39, 0.29) is 5.91 Å². The lowest BCUT2D eigenvalue weighted by atomic mass is 10.0. The summed E-state index contributed by atoms with van der Waals surface area (Å²) in [6, 6.07) is 9.49. The first-order chi connectivity index (χ1) is 12.7. The molecule has 0 aliphatic carbocycles. The average Bonchev–Trinajstić information content (AvgIpc) is 3.12. The molecule has 0 radical (unpaired) electrons. The second-order valence-corrected chi connectivity index (χ2v) is 5.88. The van der Waals surface area contributed by atoms with Gasteiger partial charge in [-0.05, 0) is 41.8 Å². The minimum absolute atomic E-state index is 0.149. The Morgan fingerprint density at radius 1 is 1.23 bits per heavy atom. The molecule has 0 saturated carbocycles. The van der Waals surface area contributed by atoms with Crippen molar-refractivity contribution in [3.63, 3.8) is 0 Å². The highest BCUT2D eigenvalue weighted by Crippen LogP contribution is 2.22. The Morgan fingerprint density at radius 3 is 2.77 bits per heavy atom. The number of methoxy groups -OCH3 is 1. The molecule has 0 unspecified atom stereocenters. The normalized spacial score (nSPS) is 10.7. The van der Waals surface area contributed by atoms with Crippen molar-refractivity contribution in [2.45, 2.75) is 20.0 Å². The Hall–Kier alpha value is -3.06. The van der Waals surface area contributed by atoms with Crippen molar-refractivity contribution >= 4 is 5.91 Å². The number of hydrogen-bond acceptors (Lipinski definition) is 5. The van der Waals surface area contributed by atoms with E-state index in [0.717, 1.165) is 16.7 Å². The molecule has 134 valence electrons. The van der Waals surface area contributed by atoms with Crippen LogP contribution in [0.2, 0.25) is 0 Å². The molecule has 0 aliphatic heterocycles. The minimum atomic E-state index is -0.149. The lowest BCUT2D eigenvalue weighted by Gasteiger charge is -2.09. The summed E-state index contributed by atoms with van der Waals surface area (Å²) in [4.78, 5) is 16.5. The molecular formula is C19H21N5O2. The maximum absolute atomic E-state index is 12.4. The van der Waals surface area contributed by atoms with Gasteiger partial charge < -0.3 is 14.6 Å². The molecule has 1 amide bonds. The number of nitrogens with one attached hydrogen (secondary N) is 1. The van der Waals surface area contributed by atoms with Crippen molar-refractivity contribution in [3.05, 3.63) is 66.0 Å². The number of hydrogen-bond donors (Lipinski definition) is 1. The maximum atomic E-state index is 12.4. The van der Waals surface area contributed by atoms with Crippen LogP contribution in [0.1, 0.15) is 21.7 Å². The molecule has 3 rings (SSSR count). The number of nitrogens with zero attached hydrogens (tertiary/aromatic N) is 4. The Morgan fingerprint density at radius 2 is 2.04 bits per heavy atom. The van der Waals surface area contributed by atoms with E-state index in [0.29, 0.717) is 31.1 Å². The number of pyridine rings is 1. The van der Waals surface area contributed by atoms with Crippen LogP contribution < -0.4 is 5.32 Å². The molecule has 2 heterocycles. The Bertz CT molecular complexity index is 874. The summed E-state index contributed by atoms with van der Waals surface area (Å²) in [5.41, 5.74) is 3.86. The zero-order valence-electron chi connectivity index (χ0n) is 14.8. The number of benzene rings is 1. The van der Waals surface area contributed by atoms with Gasteiger partial charge in [-0.3, -0.25) is 9.78 Å². The van der Waals surface area contributed by atoms with Gasteiger partial charge in [0.05, 0.1) is 13.2 Å². The van der Waals surface area contributed by atoms with Crippen molar-refractivity contribution in [3.8, 4) is 11.1 Å². The van der Waals surface area contributed by atoms with Crippen molar-refractivity contribution < 1.29 is 9.53 Å². The van der Waals surface area contributed by atoms with Crippen molar-refractivity contribution in [2.24, 2.45) is 0 Å². The first kappa shape index (κ1) is 17.8. The van der Waals surface area contributed by atoms with Gasteiger partial charge in [-0.25, -0.2) is 0 Å². The number of carbonyl (C=O) groups is 1. The molecule has 2 aromatic heterocycles. The van der Waals surface area contributed by atoms with Crippen LogP contribution >= 0.6 is 0 Å². The average molecular weight is 351 g/mol. The smallest absolute Gasteiger partial charge is 0.251 e. The van der Waals surface area contributed by atoms with Crippen LogP contribution in [-0.4, -0.2) is 39.4 Å². The van der Waals surface area contributed by atoms with E-state index in [9.17, 15) is 4.79 Å². The van der Waals surface area contributed by atoms with Crippen molar-refractivity contribution in [1.82, 2.24) is 25.1 Å². The molecule has 0 fully saturated rings. The van der Waals surface area contributed by atoms with Gasteiger partial charge in [0.2, 0.25) is 0 Å². The molecular weight excluding hydrogens is 330 g/mol. The molecule has 0 aliphatic rings. The van der Waals surface area contributed by atoms with Gasteiger partial charge in [0.1, 0.15) is 6.33 Å². The summed E-state index contributed by atoms with van der Waals surface area (Å²) in [5, 5.41) is 10.8. The molecule has 1 aromatic carbocycles. The molecule has 0 saturated heterocycles. The fourth-order valence-corrected chi connectivity index (χ4v) is 2.65. The first-order valence-electron chi connectivity index (χ1n) is 8.34. The van der Waals surface area contributed by atoms with E-state index in [2.05, 4.69) is 20.5 Å². The van der Waals surface area contributed by atoms with Crippen molar-refractivity contribution in [2.75, 3.05) is 13.7 Å². The van der Waals surface area contributed by atoms with Gasteiger partial charge in [-0.1, -0.05) is 12.1 Å². The quantitative estimate of drug-likeness (QED) is 0.706. The zero-order valence-corrected chi connectivity index (χ0v) is 14.8. The fraction of sp³-hybridized carbons (Fsp3) is 0.263. The van der Waals surface area contributed by atoms with Crippen LogP contribution in [0.3, 0.4) is 0 Å². The summed E-state index contributed by atoms with van der Waals surface area (Å²) in [6.07, 6.45) is 5.23. The van der Waals surface area contributed by atoms with Gasteiger partial charge in [-0.15, -0.1) is 10.2 Å². The second-order valence-electron chi connectivity index (χ2n) is 5.88. The molecule has 0 bridgehead atoms. The number of rotatable bonds is 7. The van der Waals surface area contributed by atoms with Crippen LogP contribution in [0.5, 0.6) is 0 Å². The summed E-state index contributed by atoms with van der Waals surface area (Å²) < 4.78 is 6.91. The Balaban J connectivity index is 1.64. The third-order valence-corrected chi connectivity index (χ3v) is 4.12. The lowest BCUT2D eigenvalue weighted by Crippen LogP contribution is -2.25. The fourth-order valence-electron chi connectivity index (χ4n) is 2.65. The Kier molecular flexibility index (Phi) is 5.70. The maximum Gasteiger partial charge on any atom is 0.251 e. The number of carbonyl (C=O) groups excluding carboxylic acids is 1. The van der Waals surface area contributed by atoms with Gasteiger partial charge >= 0.3 is 0 Å². The van der Waals surface area contributed by atoms with Gasteiger partial charge in [0, 0.05) is 31.6 Å². The molecule has 0 spiro atoms. The number of aryl methyl sites for hydroxylation is 1. The van der Waals surface area contributed by atoms with E-state index in [1.807, 2.05) is 48.0 Å². The van der Waals surface area contributed by atoms with E-state index >= 15 is 0 Å². The van der Waals surface area contributed by atoms with E-state index in [1.54, 1.807) is 19.6 Å². The summed E-state index contributed by atoms with van der Waals surface area (Å²) in [7, 11) is 1.64. The van der Waals surface area contributed by atoms with E-state index < -0.39 is 0 Å². The van der Waals surface area contributed by atoms with E-state index in [1.165, 1.54) is 0 Å². The second kappa shape index (κ2) is 8.35. The summed E-state index contributed by atoms with van der Waals surface area (Å²) >= 11 is 0. The molecule has 3 aromatic rings. The highest BCUT2D eigenvalue weighted by Gasteiger charge is 2.09. The third-order valence-electron chi connectivity index (χ3n) is 4.12. The van der Waals surface area contributed by atoms with Gasteiger partial charge in [0.25, 0.3) is 5.91 Å². The topological polar surface area (TPSA) is 81.9 Å². The summed E-state index contributed by atoms with van der Waals surface area (Å²) in [5.74, 6) is 0.545. The molecule has 1 N–H and O–H groups in total. The number of amides is 1. The van der Waals surface area contributed by atoms with Crippen molar-refractivity contribution in [1.29, 1.82) is 0 Å². The largest absolute Gasteiger partial charge is 0.383 e. The van der Waals surface area contributed by atoms with Crippen LogP contribution in [0.25, 0.3) is 11.1 Å². The molecule has 7 heteroatoms. The van der Waals surface area contributed by atoms with Crippen LogP contribution in [-0.2, 0) is 17.8 Å². The monoisotopic (exact) mass is 351 g/mol. The van der Waals surface area contributed by atoms with Crippen LogP contribution in [0.15, 0.2) is 49.1 Å². The van der Waals surface area contributed by atoms with Gasteiger partial charge in [0.15, 0.2) is 5.82 Å². The predicted molar refractivity (Wildman–Crippen MR) is 97.5 cm³/mol. The highest BCUT2D eigenvalue weighted by atomic mass is 16.5. The molecule has 0 atom stereocenters. The van der Waals surface area contributed by atoms with Gasteiger partial charge in [-0.2, -0.15) is 0 Å². The van der Waals surface area contributed by atoms with Crippen LogP contribution in [0.4, 0.5) is 0 Å². The SMILES string of the molecule is COCCn1cnnc1CNC(=O)c1ccc(-c2ccncc2C)cc1. The highest BCUT2D eigenvalue weighted by molar-refractivity contribution is 5.94. The number of ether oxygens (including phenoxy) is 1. The standard InChI is InChI=1S/C19H21N5O2/c1-14-11-20-8-7-17(14)15-3-5-16(6-4-15)19(25)21-12-18-23-22-13-24(18)9-10-26-2/h3-8,11,13H,9-10,12H2,1-2H3,(H,21,25). The first-order valence-corrected chi connectivity index (χ1v) is 8.34. The Labute approximate surface area is 152 Å². The third kappa shape index (κ3) is 4.12. The molecule has 7 nitrogen and oxygen atoms in total. The number of aromatic nitrogens is 4. The lowest BCUT2D eigenvalue weighted by molar-refractivity contribution is 0.0949. The zero-order chi connectivity index (χ0) is 18.4. The predicted octanol–water partition coefficient (Wildman–Crippen LogP) is 2.22. The minimum Gasteiger partial charge on any atom is -0.383 e. The van der Waals surface area contributed by atoms with Crippen LogP contribution in [0, 0.1) is 6.92 Å².